The molecule has 0 aliphatic carbocycles. The van der Waals surface area contributed by atoms with E-state index >= 15 is 0 Å². The summed E-state index contributed by atoms with van der Waals surface area (Å²) in [5.41, 5.74) is 0.453. The molecule has 1 heterocycles. The molecule has 1 fully saturated rings. The highest BCUT2D eigenvalue weighted by Gasteiger charge is 2.29. The molecule has 4 heteroatoms. The van der Waals surface area contributed by atoms with Crippen LogP contribution in [0.25, 0.3) is 0 Å². The van der Waals surface area contributed by atoms with Crippen molar-refractivity contribution in [2.75, 3.05) is 18.0 Å². The molecule has 0 saturated carbocycles. The molecule has 0 aromatic heterocycles. The van der Waals surface area contributed by atoms with E-state index in [-0.39, 0.29) is 5.82 Å². The van der Waals surface area contributed by atoms with E-state index in [1.807, 2.05) is 17.9 Å². The maximum absolute atomic E-state index is 13.8. The van der Waals surface area contributed by atoms with E-state index < -0.39 is 11.7 Å². The quantitative estimate of drug-likeness (QED) is 0.849. The fourth-order valence-electron chi connectivity index (χ4n) is 2.44. The summed E-state index contributed by atoms with van der Waals surface area (Å²) < 4.78 is 13.8. The van der Waals surface area contributed by atoms with E-state index in [4.69, 9.17) is 0 Å². The van der Waals surface area contributed by atoms with Gasteiger partial charge in [0.2, 0.25) is 0 Å². The van der Waals surface area contributed by atoms with E-state index in [1.54, 1.807) is 13.0 Å². The Hall–Kier alpha value is -1.13. The second-order valence-electron chi connectivity index (χ2n) is 5.33. The van der Waals surface area contributed by atoms with Gasteiger partial charge in [-0.3, -0.25) is 0 Å². The number of piperidine rings is 1. The molecule has 100 valence electrons. The van der Waals surface area contributed by atoms with Crippen molar-refractivity contribution in [2.45, 2.75) is 38.4 Å². The standard InChI is InChI=1S/C14H20FNO2/c1-10(17)13-11(15)4-3-5-12(13)16-8-6-14(2,18)7-9-16/h3-5,10,17-18H,6-9H2,1-2H3/t10-/m0/s1. The summed E-state index contributed by atoms with van der Waals surface area (Å²) in [5, 5.41) is 19.6. The smallest absolute Gasteiger partial charge is 0.131 e. The Morgan fingerprint density at radius 3 is 2.50 bits per heavy atom. The lowest BCUT2D eigenvalue weighted by Crippen LogP contribution is -2.42. The topological polar surface area (TPSA) is 43.7 Å². The van der Waals surface area contributed by atoms with E-state index in [2.05, 4.69) is 0 Å². The SMILES string of the molecule is C[C@H](O)c1c(F)cccc1N1CCC(C)(O)CC1. The molecule has 0 radical (unpaired) electrons. The number of halogens is 1. The summed E-state index contributed by atoms with van der Waals surface area (Å²) in [6, 6.07) is 4.85. The van der Waals surface area contributed by atoms with Gasteiger partial charge in [-0.25, -0.2) is 4.39 Å². The molecule has 2 rings (SSSR count). The van der Waals surface area contributed by atoms with Gasteiger partial charge in [-0.2, -0.15) is 0 Å². The molecular weight excluding hydrogens is 233 g/mol. The van der Waals surface area contributed by atoms with Crippen molar-refractivity contribution < 1.29 is 14.6 Å². The van der Waals surface area contributed by atoms with Crippen molar-refractivity contribution in [3.05, 3.63) is 29.6 Å². The number of anilines is 1. The van der Waals surface area contributed by atoms with Crippen LogP contribution in [0, 0.1) is 5.82 Å². The normalized spacial score (nSPS) is 20.8. The first-order valence-electron chi connectivity index (χ1n) is 6.34. The third-order valence-electron chi connectivity index (χ3n) is 3.63. The van der Waals surface area contributed by atoms with Gasteiger partial charge < -0.3 is 15.1 Å². The Balaban J connectivity index is 2.27. The summed E-state index contributed by atoms with van der Waals surface area (Å²) >= 11 is 0. The molecular formula is C14H20FNO2. The highest BCUT2D eigenvalue weighted by molar-refractivity contribution is 5.55. The third-order valence-corrected chi connectivity index (χ3v) is 3.63. The number of rotatable bonds is 2. The van der Waals surface area contributed by atoms with Gasteiger partial charge in [0.15, 0.2) is 0 Å². The number of hydrogen-bond donors (Lipinski definition) is 2. The molecule has 3 nitrogen and oxygen atoms in total. The van der Waals surface area contributed by atoms with Crippen molar-refractivity contribution in [1.82, 2.24) is 0 Å². The van der Waals surface area contributed by atoms with Gasteiger partial charge in [-0.1, -0.05) is 6.07 Å². The molecule has 1 aliphatic heterocycles. The van der Waals surface area contributed by atoms with Crippen LogP contribution < -0.4 is 4.90 Å². The van der Waals surface area contributed by atoms with Crippen LogP contribution in [0.2, 0.25) is 0 Å². The van der Waals surface area contributed by atoms with Gasteiger partial charge in [0.1, 0.15) is 5.82 Å². The summed E-state index contributed by atoms with van der Waals surface area (Å²) in [4.78, 5) is 2.03. The van der Waals surface area contributed by atoms with Crippen molar-refractivity contribution in [1.29, 1.82) is 0 Å². The summed E-state index contributed by atoms with van der Waals surface area (Å²) in [7, 11) is 0. The number of aliphatic hydroxyl groups excluding tert-OH is 1. The highest BCUT2D eigenvalue weighted by Crippen LogP contribution is 2.32. The molecule has 0 spiro atoms. The van der Waals surface area contributed by atoms with Crippen LogP contribution in [-0.2, 0) is 0 Å². The minimum absolute atomic E-state index is 0.346. The second kappa shape index (κ2) is 4.86. The Kier molecular flexibility index (Phi) is 3.59. The zero-order valence-electron chi connectivity index (χ0n) is 10.9. The largest absolute Gasteiger partial charge is 0.390 e. The maximum atomic E-state index is 13.8. The highest BCUT2D eigenvalue weighted by atomic mass is 19.1. The van der Waals surface area contributed by atoms with Crippen molar-refractivity contribution in [3.63, 3.8) is 0 Å². The Labute approximate surface area is 107 Å². The van der Waals surface area contributed by atoms with Gasteiger partial charge in [0.25, 0.3) is 0 Å². The van der Waals surface area contributed by atoms with Gasteiger partial charge in [-0.15, -0.1) is 0 Å². The van der Waals surface area contributed by atoms with E-state index in [9.17, 15) is 14.6 Å². The van der Waals surface area contributed by atoms with Crippen molar-refractivity contribution >= 4 is 5.69 Å². The summed E-state index contributed by atoms with van der Waals surface area (Å²) in [6.45, 7) is 4.75. The molecule has 1 atom stereocenters. The number of hydrogen-bond acceptors (Lipinski definition) is 3. The van der Waals surface area contributed by atoms with Crippen LogP contribution in [0.4, 0.5) is 10.1 Å². The van der Waals surface area contributed by atoms with E-state index in [0.29, 0.717) is 31.5 Å². The number of nitrogens with zero attached hydrogens (tertiary/aromatic N) is 1. The van der Waals surface area contributed by atoms with E-state index in [0.717, 1.165) is 5.69 Å². The second-order valence-corrected chi connectivity index (χ2v) is 5.33. The molecule has 0 amide bonds. The summed E-state index contributed by atoms with van der Waals surface area (Å²) in [5.74, 6) is -0.375. The van der Waals surface area contributed by atoms with Crippen LogP contribution >= 0.6 is 0 Å². The first kappa shape index (κ1) is 13.3. The monoisotopic (exact) mass is 253 g/mol. The zero-order valence-corrected chi connectivity index (χ0v) is 10.9. The average Bonchev–Trinajstić information content (AvgIpc) is 2.28. The Bertz CT molecular complexity index is 422. The van der Waals surface area contributed by atoms with Gasteiger partial charge in [0.05, 0.1) is 11.7 Å². The maximum Gasteiger partial charge on any atom is 0.131 e. The predicted octanol–water partition coefficient (Wildman–Crippen LogP) is 2.23. The third kappa shape index (κ3) is 2.65. The van der Waals surface area contributed by atoms with Gasteiger partial charge >= 0.3 is 0 Å². The van der Waals surface area contributed by atoms with Gasteiger partial charge in [0, 0.05) is 24.3 Å². The lowest BCUT2D eigenvalue weighted by Gasteiger charge is -2.38. The first-order chi connectivity index (χ1) is 8.41. The molecule has 1 aliphatic rings. The van der Waals surface area contributed by atoms with Gasteiger partial charge in [-0.05, 0) is 38.8 Å². The molecule has 0 bridgehead atoms. The zero-order chi connectivity index (χ0) is 13.3. The fraction of sp³-hybridized carbons (Fsp3) is 0.571. The number of benzene rings is 1. The van der Waals surface area contributed by atoms with Crippen LogP contribution in [0.5, 0.6) is 0 Å². The average molecular weight is 253 g/mol. The molecule has 18 heavy (non-hydrogen) atoms. The molecule has 1 aromatic rings. The molecule has 0 unspecified atom stereocenters. The molecule has 2 N–H and O–H groups in total. The Morgan fingerprint density at radius 2 is 1.94 bits per heavy atom. The lowest BCUT2D eigenvalue weighted by atomic mass is 9.93. The van der Waals surface area contributed by atoms with Crippen molar-refractivity contribution in [3.8, 4) is 0 Å². The first-order valence-corrected chi connectivity index (χ1v) is 6.34. The predicted molar refractivity (Wildman–Crippen MR) is 69.1 cm³/mol. The van der Waals surface area contributed by atoms with Crippen LogP contribution in [0.15, 0.2) is 18.2 Å². The minimum atomic E-state index is -0.830. The Morgan fingerprint density at radius 1 is 1.33 bits per heavy atom. The van der Waals surface area contributed by atoms with Crippen LogP contribution in [-0.4, -0.2) is 28.9 Å². The van der Waals surface area contributed by atoms with Crippen LogP contribution in [0.3, 0.4) is 0 Å². The minimum Gasteiger partial charge on any atom is -0.390 e. The summed E-state index contributed by atoms with van der Waals surface area (Å²) in [6.07, 6.45) is 0.481. The molecule has 1 aromatic carbocycles. The van der Waals surface area contributed by atoms with Crippen molar-refractivity contribution in [2.24, 2.45) is 0 Å². The fourth-order valence-corrected chi connectivity index (χ4v) is 2.44. The number of aliphatic hydroxyl groups is 2. The lowest BCUT2D eigenvalue weighted by molar-refractivity contribution is 0.0350. The van der Waals surface area contributed by atoms with Crippen LogP contribution in [0.1, 0.15) is 38.4 Å². The van der Waals surface area contributed by atoms with E-state index in [1.165, 1.54) is 6.07 Å². The molecule has 1 saturated heterocycles.